The van der Waals surface area contributed by atoms with Gasteiger partial charge in [-0.3, -0.25) is 4.79 Å². The first-order chi connectivity index (χ1) is 15.1. The van der Waals surface area contributed by atoms with Crippen LogP contribution in [0.3, 0.4) is 0 Å². The lowest BCUT2D eigenvalue weighted by Crippen LogP contribution is -2.67. The Morgan fingerprint density at radius 2 is 1.44 bits per heavy atom. The highest BCUT2D eigenvalue weighted by molar-refractivity contribution is 6.99. The van der Waals surface area contributed by atoms with Gasteiger partial charge in [0.15, 0.2) is 0 Å². The first-order valence-corrected chi connectivity index (χ1v) is 14.3. The lowest BCUT2D eigenvalue weighted by atomic mass is 9.61. The molecule has 0 heterocycles. The first kappa shape index (κ1) is 22.1. The van der Waals surface area contributed by atoms with Gasteiger partial charge in [0.2, 0.25) is 0 Å². The summed E-state index contributed by atoms with van der Waals surface area (Å²) in [5.41, 5.74) is 0.0455. The van der Waals surface area contributed by atoms with Crippen LogP contribution >= 0.6 is 0 Å². The highest BCUT2D eigenvalue weighted by Gasteiger charge is 2.73. The van der Waals surface area contributed by atoms with Crippen LogP contribution in [-0.2, 0) is 9.22 Å². The van der Waals surface area contributed by atoms with Gasteiger partial charge in [-0.25, -0.2) is 0 Å². The van der Waals surface area contributed by atoms with Crippen LogP contribution in [0.1, 0.15) is 73.1 Å². The second-order valence-electron chi connectivity index (χ2n) is 12.2. The maximum Gasteiger partial charge on any atom is 0.261 e. The summed E-state index contributed by atoms with van der Waals surface area (Å²) < 4.78 is 7.52. The molecule has 3 fully saturated rings. The summed E-state index contributed by atoms with van der Waals surface area (Å²) in [6.45, 7) is 11.7. The summed E-state index contributed by atoms with van der Waals surface area (Å²) in [5, 5.41) is 2.63. The molecular formula is C29H38O2Si. The summed E-state index contributed by atoms with van der Waals surface area (Å²) in [6.07, 6.45) is 6.46. The fourth-order valence-electron chi connectivity index (χ4n) is 8.16. The Bertz CT molecular complexity index is 971. The minimum atomic E-state index is -2.60. The maximum absolute atomic E-state index is 13.4. The molecule has 0 saturated heterocycles. The largest absolute Gasteiger partial charge is 0.404 e. The lowest BCUT2D eigenvalue weighted by Gasteiger charge is -2.45. The third-order valence-corrected chi connectivity index (χ3v) is 14.8. The number of hydrogen-bond donors (Lipinski definition) is 0. The van der Waals surface area contributed by atoms with E-state index in [0.29, 0.717) is 5.78 Å². The Morgan fingerprint density at radius 1 is 0.875 bits per heavy atom. The fourth-order valence-corrected chi connectivity index (χ4v) is 12.8. The van der Waals surface area contributed by atoms with E-state index in [1.807, 2.05) is 0 Å². The van der Waals surface area contributed by atoms with Gasteiger partial charge < -0.3 is 4.43 Å². The normalized spacial score (nSPS) is 34.5. The number of hydrogen-bond acceptors (Lipinski definition) is 2. The molecule has 32 heavy (non-hydrogen) atoms. The molecule has 0 radical (unpaired) electrons. The molecule has 3 aliphatic rings. The Hall–Kier alpha value is -1.71. The van der Waals surface area contributed by atoms with Crippen molar-refractivity contribution in [1.29, 1.82) is 0 Å². The second-order valence-corrected chi connectivity index (χ2v) is 16.5. The minimum Gasteiger partial charge on any atom is -0.404 e. The highest BCUT2D eigenvalue weighted by atomic mass is 28.4. The Balaban J connectivity index is 1.62. The minimum absolute atomic E-state index is 0.0328. The van der Waals surface area contributed by atoms with E-state index in [0.717, 1.165) is 19.3 Å². The molecule has 170 valence electrons. The zero-order chi connectivity index (χ0) is 22.8. The van der Waals surface area contributed by atoms with E-state index in [4.69, 9.17) is 4.43 Å². The topological polar surface area (TPSA) is 26.3 Å². The molecule has 2 nitrogen and oxygen atoms in total. The van der Waals surface area contributed by atoms with Crippen LogP contribution in [0, 0.1) is 16.2 Å². The van der Waals surface area contributed by atoms with Crippen molar-refractivity contribution in [2.75, 3.05) is 0 Å². The SMILES string of the molecule is CC(C)(C)[Si](O[C@@H]1C[C@@]23CCC[C@]2(C)CC(=O)[C@@]3(C)C1)(c1ccccc1)c1ccccc1. The van der Waals surface area contributed by atoms with Crippen molar-refractivity contribution in [1.82, 2.24) is 0 Å². The van der Waals surface area contributed by atoms with Crippen molar-refractivity contribution in [2.24, 2.45) is 16.2 Å². The van der Waals surface area contributed by atoms with Gasteiger partial charge in [0.25, 0.3) is 8.32 Å². The van der Waals surface area contributed by atoms with Gasteiger partial charge in [0.1, 0.15) is 5.78 Å². The summed E-state index contributed by atoms with van der Waals surface area (Å²) in [7, 11) is -2.60. The molecule has 1 spiro atoms. The molecule has 0 unspecified atom stereocenters. The van der Waals surface area contributed by atoms with Crippen molar-refractivity contribution in [3.05, 3.63) is 60.7 Å². The summed E-state index contributed by atoms with van der Waals surface area (Å²) in [4.78, 5) is 13.4. The molecule has 2 aromatic carbocycles. The van der Waals surface area contributed by atoms with Gasteiger partial charge in [-0.15, -0.1) is 0 Å². The number of Topliss-reactive ketones (excluding diaryl/α,β-unsaturated/α-hetero) is 1. The fraction of sp³-hybridized carbons (Fsp3) is 0.552. The van der Waals surface area contributed by atoms with Gasteiger partial charge >= 0.3 is 0 Å². The smallest absolute Gasteiger partial charge is 0.261 e. The third kappa shape index (κ3) is 2.76. The molecule has 0 aromatic heterocycles. The first-order valence-electron chi connectivity index (χ1n) is 12.4. The zero-order valence-corrected chi connectivity index (χ0v) is 21.4. The van der Waals surface area contributed by atoms with Crippen LogP contribution in [0.2, 0.25) is 5.04 Å². The van der Waals surface area contributed by atoms with E-state index in [-0.39, 0.29) is 27.4 Å². The highest BCUT2D eigenvalue weighted by Crippen LogP contribution is 2.75. The molecule has 2 aromatic rings. The quantitative estimate of drug-likeness (QED) is 0.548. The van der Waals surface area contributed by atoms with Crippen LogP contribution in [0.5, 0.6) is 0 Å². The maximum atomic E-state index is 13.4. The van der Waals surface area contributed by atoms with Gasteiger partial charge in [-0.2, -0.15) is 0 Å². The number of benzene rings is 2. The van der Waals surface area contributed by atoms with Gasteiger partial charge in [0, 0.05) is 17.9 Å². The van der Waals surface area contributed by atoms with E-state index in [2.05, 4.69) is 95.3 Å². The Morgan fingerprint density at radius 3 is 1.97 bits per heavy atom. The summed E-state index contributed by atoms with van der Waals surface area (Å²) in [6, 6.07) is 21.9. The van der Waals surface area contributed by atoms with Gasteiger partial charge in [0.05, 0.1) is 0 Å². The van der Waals surface area contributed by atoms with Gasteiger partial charge in [-0.05, 0) is 51.9 Å². The van der Waals surface area contributed by atoms with Crippen molar-refractivity contribution in [3.63, 3.8) is 0 Å². The molecule has 4 atom stereocenters. The predicted octanol–water partition coefficient (Wildman–Crippen LogP) is 5.88. The molecule has 0 bridgehead atoms. The van der Waals surface area contributed by atoms with E-state index in [1.54, 1.807) is 0 Å². The molecular weight excluding hydrogens is 408 g/mol. The molecule has 0 amide bonds. The van der Waals surface area contributed by atoms with Crippen LogP contribution in [0.4, 0.5) is 0 Å². The number of rotatable bonds is 4. The average Bonchev–Trinajstić information content (AvgIpc) is 3.28. The van der Waals surface area contributed by atoms with Crippen LogP contribution in [0.15, 0.2) is 60.7 Å². The molecule has 0 N–H and O–H groups in total. The Kier molecular flexibility index (Phi) is 4.93. The van der Waals surface area contributed by atoms with E-state index in [9.17, 15) is 4.79 Å². The van der Waals surface area contributed by atoms with Crippen molar-refractivity contribution in [3.8, 4) is 0 Å². The average molecular weight is 447 g/mol. The van der Waals surface area contributed by atoms with E-state index in [1.165, 1.54) is 29.6 Å². The number of carbonyl (C=O) groups excluding carboxylic acids is 1. The van der Waals surface area contributed by atoms with E-state index < -0.39 is 8.32 Å². The summed E-state index contributed by atoms with van der Waals surface area (Å²) >= 11 is 0. The summed E-state index contributed by atoms with van der Waals surface area (Å²) in [5.74, 6) is 0.494. The van der Waals surface area contributed by atoms with Gasteiger partial charge in [-0.1, -0.05) is 102 Å². The standard InChI is InChI=1S/C29H38O2Si/c1-26(2,3)32(23-13-8-6-9-14-23,24-15-10-7-11-16-24)31-22-19-28(5)25(30)21-27(4)17-12-18-29(27,28)20-22/h6-11,13-16,22H,12,17-21H2,1-5H3/t22-,27+,28+,29-/m0/s1. The van der Waals surface area contributed by atoms with Crippen LogP contribution < -0.4 is 10.4 Å². The van der Waals surface area contributed by atoms with Crippen LogP contribution in [-0.4, -0.2) is 20.2 Å². The number of carbonyl (C=O) groups is 1. The predicted molar refractivity (Wildman–Crippen MR) is 134 cm³/mol. The molecule has 3 heteroatoms. The lowest BCUT2D eigenvalue weighted by molar-refractivity contribution is -0.128. The number of ketones is 1. The zero-order valence-electron chi connectivity index (χ0n) is 20.4. The van der Waals surface area contributed by atoms with Crippen molar-refractivity contribution < 1.29 is 9.22 Å². The molecule has 0 aliphatic heterocycles. The molecule has 5 rings (SSSR count). The third-order valence-electron chi connectivity index (χ3n) is 9.68. The monoisotopic (exact) mass is 446 g/mol. The van der Waals surface area contributed by atoms with E-state index >= 15 is 0 Å². The van der Waals surface area contributed by atoms with Crippen molar-refractivity contribution >= 4 is 24.5 Å². The second kappa shape index (κ2) is 7.14. The molecule has 3 aliphatic carbocycles. The van der Waals surface area contributed by atoms with Crippen molar-refractivity contribution in [2.45, 2.75) is 84.3 Å². The Labute approximate surface area is 194 Å². The van der Waals surface area contributed by atoms with Crippen LogP contribution in [0.25, 0.3) is 0 Å². The molecule has 3 saturated carbocycles.